The lowest BCUT2D eigenvalue weighted by atomic mass is 9.83. The third kappa shape index (κ3) is 7.46. The molecule has 0 heteroatoms. The molecule has 25 aromatic carbocycles. The summed E-state index contributed by atoms with van der Waals surface area (Å²) in [5.74, 6) is 0. The van der Waals surface area contributed by atoms with Crippen LogP contribution in [0.2, 0.25) is 0 Å². The maximum absolute atomic E-state index is 2.52. The van der Waals surface area contributed by atoms with Gasteiger partial charge in [0.1, 0.15) is 0 Å². The first-order valence-electron chi connectivity index (χ1n) is 39.5. The second-order valence-electron chi connectivity index (χ2n) is 32.6. The summed E-state index contributed by atoms with van der Waals surface area (Å²) in [6.07, 6.45) is 14.8. The molecule has 0 unspecified atom stereocenters. The van der Waals surface area contributed by atoms with Crippen molar-refractivity contribution in [2.75, 3.05) is 0 Å². The molecule has 0 heterocycles. The van der Waals surface area contributed by atoms with Gasteiger partial charge in [0.15, 0.2) is 0 Å². The summed E-state index contributed by atoms with van der Waals surface area (Å²) in [7, 11) is 0. The highest BCUT2D eigenvalue weighted by atomic mass is 14.3. The summed E-state index contributed by atoms with van der Waals surface area (Å²) in [5.41, 5.74) is 21.6. The van der Waals surface area contributed by atoms with Gasteiger partial charge < -0.3 is 0 Å². The van der Waals surface area contributed by atoms with Crippen molar-refractivity contribution in [3.63, 3.8) is 0 Å². The Labute approximate surface area is 636 Å². The third-order valence-corrected chi connectivity index (χ3v) is 27.5. The Kier molecular flexibility index (Phi) is 10.8. The van der Waals surface area contributed by atoms with Gasteiger partial charge in [0, 0.05) is 0 Å². The highest BCUT2D eigenvalue weighted by Crippen LogP contribution is 2.55. The molecule has 0 fully saturated rings. The Balaban J connectivity index is 0.497. The summed E-state index contributed by atoms with van der Waals surface area (Å²) in [6.45, 7) is 0. The zero-order chi connectivity index (χ0) is 71.5. The van der Waals surface area contributed by atoms with E-state index in [4.69, 9.17) is 0 Å². The lowest BCUT2D eigenvalue weighted by Gasteiger charge is -2.20. The molecule has 0 aromatic heterocycles. The summed E-state index contributed by atoms with van der Waals surface area (Å²) in [4.78, 5) is 0. The van der Waals surface area contributed by atoms with E-state index in [9.17, 15) is 0 Å². The fourth-order valence-electron chi connectivity index (χ4n) is 22.6. The van der Waals surface area contributed by atoms with Crippen LogP contribution in [0.4, 0.5) is 0 Å². The van der Waals surface area contributed by atoms with Crippen molar-refractivity contribution < 1.29 is 0 Å². The van der Waals surface area contributed by atoms with Gasteiger partial charge in [-0.15, -0.1) is 0 Å². The predicted molar refractivity (Wildman–Crippen MR) is 480 cm³/mol. The van der Waals surface area contributed by atoms with Gasteiger partial charge >= 0.3 is 0 Å². The number of hydrogen-bond acceptors (Lipinski definition) is 0. The lowest BCUT2D eigenvalue weighted by Crippen LogP contribution is -1.97. The SMILES string of the molecule is C1=C(c2ccc3ccc4c(C5=Cc6c(c7c6cc6ccc8cccc9ccc7c6c89)C5)ccc5ccc2c3c54)CC(c2ccc3ccc4c(-c5ccc6ccc7c(C8=CC=C(c9ccc%10ccc%11c(-c%12ccc%13ccc%14cccc%15ccc%12c%13c%14%15)ccc%12ccc9c%10c%12%11)C8)ccc8ccc5c6c87)ccc5ccc2c3c54)=C1. The molecule has 0 saturated carbocycles. The van der Waals surface area contributed by atoms with Crippen molar-refractivity contribution in [1.29, 1.82) is 0 Å². The molecule has 111 heavy (non-hydrogen) atoms. The first-order valence-corrected chi connectivity index (χ1v) is 39.5. The van der Waals surface area contributed by atoms with Crippen LogP contribution in [0, 0.1) is 0 Å². The molecule has 0 aliphatic heterocycles. The van der Waals surface area contributed by atoms with E-state index in [-0.39, 0.29) is 0 Å². The first-order chi connectivity index (χ1) is 55.0. The number of rotatable bonds is 7. The van der Waals surface area contributed by atoms with E-state index in [0.29, 0.717) is 0 Å². The van der Waals surface area contributed by atoms with Crippen LogP contribution in [0.5, 0.6) is 0 Å². The standard InChI is InChI=1S/C111H60/c1-3-58-7-8-62-20-39-82(91-48-24-60(5-1)99(58)101(62)91)83-40-21-68-26-44-87-79(35-16-64-30-49-92(83)107(68)103(64)87)73-12-13-74(54-73)80-37-18-66-32-51-94-85(42-23-70-28-46-89(80)105(66)109(70)94)84-41-22-69-27-45-88-78(36-17-65-31-50-93(84)108(69)104(65)88)72-11-10-71(53-72)77-34-15-63-29-47-90-81(38-19-67-25-43-86(77)102(63)106(67)90)76-56-96-97-55-75-14-9-59-4-2-6-61-33-52-95(110(75)100(59)61)111(97)98(96)57-76/h1-52,55-56H,53-54,57H2. The number of allylic oxidation sites excluding steroid dienone is 9. The van der Waals surface area contributed by atoms with E-state index in [1.165, 1.54) is 294 Å². The van der Waals surface area contributed by atoms with Crippen LogP contribution in [-0.2, 0) is 6.42 Å². The highest BCUT2D eigenvalue weighted by Gasteiger charge is 2.30. The summed E-state index contributed by atoms with van der Waals surface area (Å²) in [6, 6.07) is 115. The van der Waals surface area contributed by atoms with Crippen molar-refractivity contribution in [1.82, 2.24) is 0 Å². The second-order valence-corrected chi connectivity index (χ2v) is 32.6. The smallest absolute Gasteiger partial charge is 0.000683 e. The van der Waals surface area contributed by atoms with Crippen molar-refractivity contribution in [3.05, 3.63) is 361 Å². The number of hydrogen-bond donors (Lipinski definition) is 0. The van der Waals surface area contributed by atoms with E-state index in [1.54, 1.807) is 0 Å². The quantitative estimate of drug-likeness (QED) is 0.140. The lowest BCUT2D eigenvalue weighted by molar-refractivity contribution is 1.35. The molecular weight excluding hydrogens is 1330 g/mol. The molecular formula is C111H60. The molecule has 504 valence electrons. The third-order valence-electron chi connectivity index (χ3n) is 27.5. The Bertz CT molecular complexity index is 8730. The Morgan fingerprint density at radius 2 is 0.360 bits per heavy atom. The predicted octanol–water partition coefficient (Wildman–Crippen LogP) is 30.8. The van der Waals surface area contributed by atoms with Crippen LogP contribution in [0.15, 0.2) is 322 Å². The molecule has 0 atom stereocenters. The van der Waals surface area contributed by atoms with Crippen molar-refractivity contribution >= 4 is 239 Å². The van der Waals surface area contributed by atoms with Gasteiger partial charge in [-0.05, 0) is 325 Å². The van der Waals surface area contributed by atoms with Crippen LogP contribution in [0.25, 0.3) is 261 Å². The minimum Gasteiger partial charge on any atom is -0.0610 e. The fraction of sp³-hybridized carbons (Fsp3) is 0.0270. The minimum absolute atomic E-state index is 0.862. The fourth-order valence-corrected chi connectivity index (χ4v) is 22.6. The largest absolute Gasteiger partial charge is 0.0610 e. The second kappa shape index (κ2) is 20.6. The Morgan fingerprint density at radius 3 is 0.667 bits per heavy atom. The minimum atomic E-state index is 0.862. The van der Waals surface area contributed by atoms with Crippen LogP contribution in [0.3, 0.4) is 0 Å². The van der Waals surface area contributed by atoms with E-state index >= 15 is 0 Å². The van der Waals surface area contributed by atoms with Crippen molar-refractivity contribution in [3.8, 4) is 22.3 Å². The summed E-state index contributed by atoms with van der Waals surface area (Å²) >= 11 is 0. The van der Waals surface area contributed by atoms with Crippen LogP contribution < -0.4 is 0 Å². The van der Waals surface area contributed by atoms with Gasteiger partial charge in [-0.3, -0.25) is 0 Å². The van der Waals surface area contributed by atoms with Gasteiger partial charge in [0.2, 0.25) is 0 Å². The molecule has 0 saturated heterocycles. The van der Waals surface area contributed by atoms with E-state index in [1.807, 2.05) is 0 Å². The van der Waals surface area contributed by atoms with Gasteiger partial charge in [0.25, 0.3) is 0 Å². The average Bonchev–Trinajstić information content (AvgIpc) is 1.65. The number of fused-ring (bicyclic) bond motifs is 5. The molecule has 0 N–H and O–H groups in total. The van der Waals surface area contributed by atoms with Crippen LogP contribution in [-0.4, -0.2) is 0 Å². The molecule has 0 spiro atoms. The molecule has 28 rings (SSSR count). The van der Waals surface area contributed by atoms with Gasteiger partial charge in [-0.2, -0.15) is 0 Å². The topological polar surface area (TPSA) is 0 Å². The zero-order valence-corrected chi connectivity index (χ0v) is 60.3. The maximum atomic E-state index is 2.52. The maximum Gasteiger partial charge on any atom is -0.000683 e. The van der Waals surface area contributed by atoms with Gasteiger partial charge in [-0.25, -0.2) is 0 Å². The Morgan fingerprint density at radius 1 is 0.144 bits per heavy atom. The van der Waals surface area contributed by atoms with Gasteiger partial charge in [0.05, 0.1) is 0 Å². The zero-order valence-electron chi connectivity index (χ0n) is 60.3. The van der Waals surface area contributed by atoms with Crippen LogP contribution in [0.1, 0.15) is 51.8 Å². The van der Waals surface area contributed by atoms with Crippen molar-refractivity contribution in [2.45, 2.75) is 19.3 Å². The molecule has 0 bridgehead atoms. The molecule has 3 aliphatic rings. The van der Waals surface area contributed by atoms with E-state index in [0.717, 1.165) is 19.3 Å². The number of benzene rings is 24. The molecule has 0 radical (unpaired) electrons. The molecule has 0 nitrogen and oxygen atoms in total. The van der Waals surface area contributed by atoms with Crippen molar-refractivity contribution in [2.24, 2.45) is 0 Å². The Hall–Kier alpha value is -14.0. The van der Waals surface area contributed by atoms with Crippen LogP contribution >= 0.6 is 0 Å². The highest BCUT2D eigenvalue weighted by molar-refractivity contribution is 6.37. The first kappa shape index (κ1) is 58.1. The van der Waals surface area contributed by atoms with E-state index < -0.39 is 0 Å². The van der Waals surface area contributed by atoms with Gasteiger partial charge in [-0.1, -0.05) is 315 Å². The monoisotopic (exact) mass is 1390 g/mol. The molecule has 0 amide bonds. The normalized spacial score (nSPS) is 14.5. The average molecular weight is 1390 g/mol. The summed E-state index contributed by atoms with van der Waals surface area (Å²) in [5, 5.41) is 50.6. The summed E-state index contributed by atoms with van der Waals surface area (Å²) < 4.78 is 0. The molecule has 3 aliphatic carbocycles. The van der Waals surface area contributed by atoms with E-state index in [2.05, 4.69) is 328 Å². The molecule has 25 aromatic rings.